The quantitative estimate of drug-likeness (QED) is 0.422. The number of nitrogens with one attached hydrogen (secondary N) is 1. The Morgan fingerprint density at radius 1 is 1.03 bits per heavy atom. The van der Waals surface area contributed by atoms with E-state index in [2.05, 4.69) is 19.2 Å². The summed E-state index contributed by atoms with van der Waals surface area (Å²) in [6.07, 6.45) is 2.36. The first-order valence-electron chi connectivity index (χ1n) is 11.6. The van der Waals surface area contributed by atoms with Crippen molar-refractivity contribution >= 4 is 33.2 Å². The number of nitrogens with zero attached hydrogens (tertiary/aromatic N) is 1. The molecule has 0 aliphatic carbocycles. The van der Waals surface area contributed by atoms with Gasteiger partial charge in [0.25, 0.3) is 15.9 Å². The Morgan fingerprint density at radius 2 is 1.66 bits per heavy atom. The standard InChI is InChI=1S/C27H29ClN2O4S/c1-4-27(5-2)18-24(23-8-6-7-9-25(23)34-27)29-26(31)19-10-14-21(15-11-19)30(3)35(32,33)22-16-12-20(28)13-17-22/h6-17,24H,4-5,18H2,1-3H3,(H,29,31)/t24-/m1/s1. The maximum atomic E-state index is 13.1. The lowest BCUT2D eigenvalue weighted by Crippen LogP contribution is -2.44. The highest BCUT2D eigenvalue weighted by Crippen LogP contribution is 2.42. The van der Waals surface area contributed by atoms with Gasteiger partial charge in [-0.05, 0) is 67.4 Å². The molecule has 0 saturated carbocycles. The molecule has 0 spiro atoms. The molecular weight excluding hydrogens is 484 g/mol. The van der Waals surface area contributed by atoms with E-state index in [1.807, 2.05) is 24.3 Å². The number of benzene rings is 3. The summed E-state index contributed by atoms with van der Waals surface area (Å²) in [5, 5.41) is 3.62. The lowest BCUT2D eigenvalue weighted by atomic mass is 9.83. The van der Waals surface area contributed by atoms with Crippen molar-refractivity contribution in [2.45, 2.75) is 49.6 Å². The number of amides is 1. The summed E-state index contributed by atoms with van der Waals surface area (Å²) in [5.41, 5.74) is 1.54. The highest BCUT2D eigenvalue weighted by molar-refractivity contribution is 7.92. The maximum Gasteiger partial charge on any atom is 0.264 e. The highest BCUT2D eigenvalue weighted by Gasteiger charge is 2.39. The van der Waals surface area contributed by atoms with Gasteiger partial charge in [0.1, 0.15) is 11.4 Å². The molecule has 1 heterocycles. The number of halogens is 1. The Bertz CT molecular complexity index is 1300. The Morgan fingerprint density at radius 3 is 2.29 bits per heavy atom. The highest BCUT2D eigenvalue weighted by atomic mass is 35.5. The molecule has 0 bridgehead atoms. The van der Waals surface area contributed by atoms with E-state index in [9.17, 15) is 13.2 Å². The zero-order valence-electron chi connectivity index (χ0n) is 20.0. The van der Waals surface area contributed by atoms with E-state index in [0.717, 1.165) is 24.2 Å². The van der Waals surface area contributed by atoms with Gasteiger partial charge >= 0.3 is 0 Å². The van der Waals surface area contributed by atoms with Crippen molar-refractivity contribution in [3.05, 3.63) is 88.9 Å². The summed E-state index contributed by atoms with van der Waals surface area (Å²) in [7, 11) is -2.28. The first-order valence-corrected chi connectivity index (χ1v) is 13.4. The van der Waals surface area contributed by atoms with Gasteiger partial charge in [0, 0.05) is 29.6 Å². The monoisotopic (exact) mass is 512 g/mol. The first kappa shape index (κ1) is 25.1. The third-order valence-corrected chi connectivity index (χ3v) is 8.81. The number of anilines is 1. The molecule has 35 heavy (non-hydrogen) atoms. The van der Waals surface area contributed by atoms with Crippen LogP contribution in [0.1, 0.15) is 55.1 Å². The zero-order chi connectivity index (χ0) is 25.2. The van der Waals surface area contributed by atoms with Crippen LogP contribution in [0.25, 0.3) is 0 Å². The van der Waals surface area contributed by atoms with Crippen molar-refractivity contribution in [2.24, 2.45) is 0 Å². The van der Waals surface area contributed by atoms with Gasteiger partial charge < -0.3 is 10.1 Å². The van der Waals surface area contributed by atoms with E-state index >= 15 is 0 Å². The lowest BCUT2D eigenvalue weighted by Gasteiger charge is -2.41. The van der Waals surface area contributed by atoms with E-state index in [-0.39, 0.29) is 22.4 Å². The predicted octanol–water partition coefficient (Wildman–Crippen LogP) is 5.98. The average molecular weight is 513 g/mol. The summed E-state index contributed by atoms with van der Waals surface area (Å²) >= 11 is 5.88. The van der Waals surface area contributed by atoms with Crippen LogP contribution in [0.3, 0.4) is 0 Å². The molecule has 4 rings (SSSR count). The van der Waals surface area contributed by atoms with Gasteiger partial charge in [0.2, 0.25) is 0 Å². The second-order valence-electron chi connectivity index (χ2n) is 8.73. The molecule has 1 aliphatic heterocycles. The van der Waals surface area contributed by atoms with E-state index < -0.39 is 10.0 Å². The van der Waals surface area contributed by atoms with Crippen molar-refractivity contribution in [3.63, 3.8) is 0 Å². The molecule has 0 unspecified atom stereocenters. The number of sulfonamides is 1. The van der Waals surface area contributed by atoms with Crippen LogP contribution < -0.4 is 14.4 Å². The van der Waals surface area contributed by atoms with Crippen LogP contribution in [0.5, 0.6) is 5.75 Å². The van der Waals surface area contributed by atoms with Crippen LogP contribution in [0.15, 0.2) is 77.7 Å². The fourth-order valence-corrected chi connectivity index (χ4v) is 5.72. The fraction of sp³-hybridized carbons (Fsp3) is 0.296. The lowest BCUT2D eigenvalue weighted by molar-refractivity contribution is 0.0227. The Balaban J connectivity index is 1.53. The summed E-state index contributed by atoms with van der Waals surface area (Å²) in [5.74, 6) is 0.583. The largest absolute Gasteiger partial charge is 0.487 e. The number of ether oxygens (including phenoxy) is 1. The van der Waals surface area contributed by atoms with Crippen molar-refractivity contribution in [1.29, 1.82) is 0 Å². The van der Waals surface area contributed by atoms with Crippen LogP contribution in [-0.4, -0.2) is 27.0 Å². The third kappa shape index (κ3) is 5.02. The number of fused-ring (bicyclic) bond motifs is 1. The van der Waals surface area contributed by atoms with Crippen molar-refractivity contribution < 1.29 is 17.9 Å². The number of para-hydroxylation sites is 1. The number of carbonyl (C=O) groups is 1. The predicted molar refractivity (Wildman–Crippen MR) is 139 cm³/mol. The third-order valence-electron chi connectivity index (χ3n) is 6.76. The van der Waals surface area contributed by atoms with Crippen LogP contribution in [-0.2, 0) is 10.0 Å². The molecular formula is C27H29ClN2O4S. The number of rotatable bonds is 7. The molecule has 1 amide bonds. The van der Waals surface area contributed by atoms with E-state index in [1.165, 1.54) is 35.6 Å². The Labute approximate surface area is 211 Å². The second-order valence-corrected chi connectivity index (χ2v) is 11.1. The van der Waals surface area contributed by atoms with Gasteiger partial charge in [0.15, 0.2) is 0 Å². The number of hydrogen-bond donors (Lipinski definition) is 1. The Kier molecular flexibility index (Phi) is 7.10. The minimum atomic E-state index is -3.76. The smallest absolute Gasteiger partial charge is 0.264 e. The minimum Gasteiger partial charge on any atom is -0.487 e. The van der Waals surface area contributed by atoms with Crippen LogP contribution in [0.2, 0.25) is 5.02 Å². The van der Waals surface area contributed by atoms with Crippen LogP contribution in [0.4, 0.5) is 5.69 Å². The van der Waals surface area contributed by atoms with Crippen molar-refractivity contribution in [1.82, 2.24) is 5.32 Å². The fourth-order valence-electron chi connectivity index (χ4n) is 4.40. The molecule has 1 aliphatic rings. The van der Waals surface area contributed by atoms with E-state index in [0.29, 0.717) is 22.7 Å². The van der Waals surface area contributed by atoms with Crippen molar-refractivity contribution in [3.8, 4) is 5.75 Å². The van der Waals surface area contributed by atoms with Crippen LogP contribution >= 0.6 is 11.6 Å². The zero-order valence-corrected chi connectivity index (χ0v) is 21.6. The van der Waals surface area contributed by atoms with Gasteiger partial charge in [0.05, 0.1) is 16.6 Å². The molecule has 3 aromatic carbocycles. The topological polar surface area (TPSA) is 75.7 Å². The molecule has 0 fully saturated rings. The van der Waals surface area contributed by atoms with Gasteiger partial charge in [-0.1, -0.05) is 43.6 Å². The second kappa shape index (κ2) is 9.91. The molecule has 3 aromatic rings. The number of hydrogen-bond acceptors (Lipinski definition) is 4. The molecule has 1 atom stereocenters. The van der Waals surface area contributed by atoms with E-state index in [4.69, 9.17) is 16.3 Å². The molecule has 184 valence electrons. The normalized spacial score (nSPS) is 16.6. The van der Waals surface area contributed by atoms with Gasteiger partial charge in [-0.15, -0.1) is 0 Å². The first-order chi connectivity index (χ1) is 16.7. The SMILES string of the molecule is CCC1(CC)C[C@@H](NC(=O)c2ccc(N(C)S(=O)(=O)c3ccc(Cl)cc3)cc2)c2ccccc2O1. The van der Waals surface area contributed by atoms with Crippen LogP contribution in [0, 0.1) is 0 Å². The molecule has 6 nitrogen and oxygen atoms in total. The van der Waals surface area contributed by atoms with E-state index in [1.54, 1.807) is 24.3 Å². The summed E-state index contributed by atoms with van der Waals surface area (Å²) in [4.78, 5) is 13.3. The number of carbonyl (C=O) groups excluding carboxylic acids is 1. The molecule has 0 radical (unpaired) electrons. The summed E-state index contributed by atoms with van der Waals surface area (Å²) in [6.45, 7) is 4.20. The van der Waals surface area contributed by atoms with Gasteiger partial charge in [-0.25, -0.2) is 8.42 Å². The average Bonchev–Trinajstić information content (AvgIpc) is 2.88. The molecule has 8 heteroatoms. The minimum absolute atomic E-state index is 0.139. The van der Waals surface area contributed by atoms with Gasteiger partial charge in [-0.3, -0.25) is 9.10 Å². The van der Waals surface area contributed by atoms with Gasteiger partial charge in [-0.2, -0.15) is 0 Å². The summed E-state index contributed by atoms with van der Waals surface area (Å²) in [6, 6.07) is 20.2. The maximum absolute atomic E-state index is 13.1. The molecule has 0 aromatic heterocycles. The summed E-state index contributed by atoms with van der Waals surface area (Å²) < 4.78 is 33.4. The van der Waals surface area contributed by atoms with Crippen molar-refractivity contribution in [2.75, 3.05) is 11.4 Å². The Hall–Kier alpha value is -3.03. The molecule has 0 saturated heterocycles. The molecule has 1 N–H and O–H groups in total.